The molecular formula is C21H29N3O3S2. The lowest BCUT2D eigenvalue weighted by atomic mass is 9.92. The second-order valence-corrected chi connectivity index (χ2v) is 11.1. The quantitative estimate of drug-likeness (QED) is 0.722. The molecule has 2 aliphatic heterocycles. The fourth-order valence-electron chi connectivity index (χ4n) is 4.37. The summed E-state index contributed by atoms with van der Waals surface area (Å²) in [5.74, 6) is 0.0665. The molecule has 0 N–H and O–H groups in total. The molecule has 0 bridgehead atoms. The second kappa shape index (κ2) is 8.81. The summed E-state index contributed by atoms with van der Waals surface area (Å²) in [5.41, 5.74) is 1.70. The Hall–Kier alpha value is -1.32. The number of hydrogen-bond donors (Lipinski definition) is 0. The zero-order valence-electron chi connectivity index (χ0n) is 16.9. The molecule has 4 rings (SSSR count). The number of thiazole rings is 1. The Morgan fingerprint density at radius 3 is 2.76 bits per heavy atom. The van der Waals surface area contributed by atoms with Crippen LogP contribution in [0.3, 0.4) is 0 Å². The van der Waals surface area contributed by atoms with Gasteiger partial charge in [0, 0.05) is 38.1 Å². The number of ether oxygens (including phenoxy) is 1. The van der Waals surface area contributed by atoms with E-state index in [-0.39, 0.29) is 11.4 Å². The highest BCUT2D eigenvalue weighted by Gasteiger charge is 2.40. The van der Waals surface area contributed by atoms with Gasteiger partial charge < -0.3 is 4.74 Å². The minimum Gasteiger partial charge on any atom is -0.372 e. The van der Waals surface area contributed by atoms with Crippen molar-refractivity contribution in [1.82, 2.24) is 14.2 Å². The molecule has 29 heavy (non-hydrogen) atoms. The van der Waals surface area contributed by atoms with Crippen LogP contribution < -0.4 is 0 Å². The summed E-state index contributed by atoms with van der Waals surface area (Å²) in [4.78, 5) is 7.00. The van der Waals surface area contributed by atoms with Crippen LogP contribution in [0.4, 0.5) is 0 Å². The highest BCUT2D eigenvalue weighted by Crippen LogP contribution is 2.32. The van der Waals surface area contributed by atoms with Crippen LogP contribution in [0.1, 0.15) is 35.5 Å². The lowest BCUT2D eigenvalue weighted by Gasteiger charge is -2.42. The van der Waals surface area contributed by atoms with Crippen LogP contribution in [0.15, 0.2) is 35.7 Å². The van der Waals surface area contributed by atoms with Crippen molar-refractivity contribution in [2.75, 3.05) is 32.8 Å². The number of benzene rings is 1. The van der Waals surface area contributed by atoms with Crippen LogP contribution in [0.25, 0.3) is 0 Å². The molecule has 1 aromatic carbocycles. The monoisotopic (exact) mass is 435 g/mol. The molecule has 2 aliphatic rings. The van der Waals surface area contributed by atoms with E-state index in [9.17, 15) is 8.42 Å². The molecule has 0 amide bonds. The molecule has 2 saturated heterocycles. The van der Waals surface area contributed by atoms with Gasteiger partial charge in [0.15, 0.2) is 0 Å². The first-order valence-corrected chi connectivity index (χ1v) is 12.7. The van der Waals surface area contributed by atoms with Crippen LogP contribution in [0.2, 0.25) is 0 Å². The van der Waals surface area contributed by atoms with Gasteiger partial charge in [-0.05, 0) is 31.7 Å². The predicted octanol–water partition coefficient (Wildman–Crippen LogP) is 3.04. The molecule has 3 heterocycles. The van der Waals surface area contributed by atoms with Crippen LogP contribution >= 0.6 is 11.3 Å². The molecule has 2 fully saturated rings. The van der Waals surface area contributed by atoms with E-state index in [2.05, 4.69) is 15.3 Å². The van der Waals surface area contributed by atoms with Crippen molar-refractivity contribution in [2.24, 2.45) is 0 Å². The van der Waals surface area contributed by atoms with E-state index in [1.54, 1.807) is 15.6 Å². The first-order valence-electron chi connectivity index (χ1n) is 10.2. The van der Waals surface area contributed by atoms with Gasteiger partial charge in [0.05, 0.1) is 28.7 Å². The number of nitrogens with zero attached hydrogens (tertiary/aromatic N) is 3. The zero-order valence-corrected chi connectivity index (χ0v) is 18.6. The van der Waals surface area contributed by atoms with Gasteiger partial charge in [-0.25, -0.2) is 17.7 Å². The van der Waals surface area contributed by atoms with E-state index in [4.69, 9.17) is 4.74 Å². The van der Waals surface area contributed by atoms with Crippen LogP contribution in [0, 0.1) is 6.92 Å². The highest BCUT2D eigenvalue weighted by molar-refractivity contribution is 7.88. The van der Waals surface area contributed by atoms with Crippen molar-refractivity contribution in [3.8, 4) is 0 Å². The molecule has 158 valence electrons. The summed E-state index contributed by atoms with van der Waals surface area (Å²) < 4.78 is 33.8. The zero-order chi connectivity index (χ0) is 20.3. The van der Waals surface area contributed by atoms with Crippen molar-refractivity contribution in [1.29, 1.82) is 0 Å². The molecule has 2 aromatic rings. The largest absolute Gasteiger partial charge is 0.372 e. The fraction of sp³-hybridized carbons (Fsp3) is 0.571. The molecule has 0 aliphatic carbocycles. The summed E-state index contributed by atoms with van der Waals surface area (Å²) in [7, 11) is -3.32. The SMILES string of the molecule is Cc1nc(CN2CCO[C@]3(CCCN(S(=O)(=O)Cc4ccccc4)CC3)C2)cs1. The minimum atomic E-state index is -3.32. The third-order valence-corrected chi connectivity index (χ3v) is 8.49. The number of morpholine rings is 1. The van der Waals surface area contributed by atoms with Crippen molar-refractivity contribution in [3.05, 3.63) is 52.0 Å². The Balaban J connectivity index is 1.39. The maximum absolute atomic E-state index is 13.0. The van der Waals surface area contributed by atoms with Gasteiger partial charge >= 0.3 is 0 Å². The number of rotatable bonds is 5. The molecule has 0 saturated carbocycles. The minimum absolute atomic E-state index is 0.0665. The maximum atomic E-state index is 13.0. The molecule has 1 aromatic heterocycles. The summed E-state index contributed by atoms with van der Waals surface area (Å²) in [6.45, 7) is 6.41. The number of hydrogen-bond acceptors (Lipinski definition) is 6. The second-order valence-electron chi connectivity index (χ2n) is 8.09. The standard InChI is InChI=1S/C21H29N3O3S2/c1-18-22-20(15-28-18)14-23-12-13-27-21(17-23)8-5-10-24(11-9-21)29(25,26)16-19-6-3-2-4-7-19/h2-4,6-7,15H,5,8-14,16-17H2,1H3/t21-/m0/s1. The van der Waals surface area contributed by atoms with Crippen LogP contribution in [0.5, 0.6) is 0 Å². The average Bonchev–Trinajstić information content (AvgIpc) is 2.98. The fourth-order valence-corrected chi connectivity index (χ4v) is 6.54. The lowest BCUT2D eigenvalue weighted by Crippen LogP contribution is -2.52. The molecule has 0 unspecified atom stereocenters. The number of sulfonamides is 1. The summed E-state index contributed by atoms with van der Waals surface area (Å²) >= 11 is 1.68. The molecular weight excluding hydrogens is 406 g/mol. The first-order chi connectivity index (χ1) is 13.9. The van der Waals surface area contributed by atoms with E-state index >= 15 is 0 Å². The average molecular weight is 436 g/mol. The predicted molar refractivity (Wildman–Crippen MR) is 115 cm³/mol. The lowest BCUT2D eigenvalue weighted by molar-refractivity contribution is -0.117. The van der Waals surface area contributed by atoms with Gasteiger partial charge in [0.2, 0.25) is 10.0 Å². The number of aromatic nitrogens is 1. The topological polar surface area (TPSA) is 62.7 Å². The molecule has 0 radical (unpaired) electrons. The van der Waals surface area contributed by atoms with E-state index in [1.807, 2.05) is 37.3 Å². The van der Waals surface area contributed by atoms with Crippen molar-refractivity contribution >= 4 is 21.4 Å². The Bertz CT molecular complexity index is 916. The summed E-state index contributed by atoms with van der Waals surface area (Å²) in [6.07, 6.45) is 2.47. The van der Waals surface area contributed by atoms with Gasteiger partial charge in [0.25, 0.3) is 0 Å². The van der Waals surface area contributed by atoms with Crippen molar-refractivity contribution < 1.29 is 13.2 Å². The Labute approximate surface area is 177 Å². The first kappa shape index (κ1) is 20.9. The highest BCUT2D eigenvalue weighted by atomic mass is 32.2. The Morgan fingerprint density at radius 2 is 2.00 bits per heavy atom. The molecule has 1 spiro atoms. The van der Waals surface area contributed by atoms with E-state index in [0.29, 0.717) is 19.7 Å². The van der Waals surface area contributed by atoms with Gasteiger partial charge in [0.1, 0.15) is 0 Å². The smallest absolute Gasteiger partial charge is 0.218 e. The Morgan fingerprint density at radius 1 is 1.17 bits per heavy atom. The van der Waals surface area contributed by atoms with E-state index in [0.717, 1.165) is 55.2 Å². The molecule has 8 heteroatoms. The van der Waals surface area contributed by atoms with E-state index < -0.39 is 10.0 Å². The Kier molecular flexibility index (Phi) is 6.36. The van der Waals surface area contributed by atoms with Gasteiger partial charge in [-0.15, -0.1) is 11.3 Å². The van der Waals surface area contributed by atoms with Gasteiger partial charge in [-0.2, -0.15) is 0 Å². The van der Waals surface area contributed by atoms with Crippen LogP contribution in [-0.4, -0.2) is 61.0 Å². The van der Waals surface area contributed by atoms with Crippen molar-refractivity contribution in [2.45, 2.75) is 44.1 Å². The van der Waals surface area contributed by atoms with Gasteiger partial charge in [-0.3, -0.25) is 4.90 Å². The van der Waals surface area contributed by atoms with E-state index in [1.165, 1.54) is 0 Å². The maximum Gasteiger partial charge on any atom is 0.218 e. The third kappa shape index (κ3) is 5.24. The molecule has 1 atom stereocenters. The summed E-state index contributed by atoms with van der Waals surface area (Å²) in [5, 5.41) is 3.22. The number of aryl methyl sites for hydroxylation is 1. The molecule has 6 nitrogen and oxygen atoms in total. The summed E-state index contributed by atoms with van der Waals surface area (Å²) in [6, 6.07) is 9.43. The normalized spacial score (nSPS) is 24.6. The van der Waals surface area contributed by atoms with Crippen LogP contribution in [-0.2, 0) is 27.1 Å². The van der Waals surface area contributed by atoms with Gasteiger partial charge in [-0.1, -0.05) is 30.3 Å². The third-order valence-electron chi connectivity index (χ3n) is 5.82. The van der Waals surface area contributed by atoms with Crippen molar-refractivity contribution in [3.63, 3.8) is 0 Å².